The van der Waals surface area contributed by atoms with Crippen molar-refractivity contribution in [1.29, 1.82) is 0 Å². The van der Waals surface area contributed by atoms with Crippen LogP contribution in [0.1, 0.15) is 18.3 Å². The molecular weight excluding hydrogens is 326 g/mol. The number of aryl methyl sites for hydroxylation is 2. The molecule has 1 N–H and O–H groups in total. The van der Waals surface area contributed by atoms with E-state index in [1.807, 2.05) is 36.0 Å². The maximum absolute atomic E-state index is 6.36. The van der Waals surface area contributed by atoms with Crippen LogP contribution in [0.3, 0.4) is 0 Å². The second kappa shape index (κ2) is 5.76. The smallest absolute Gasteiger partial charge is 0.200 e. The largest absolute Gasteiger partial charge is 0.376 e. The van der Waals surface area contributed by atoms with E-state index in [1.54, 1.807) is 10.8 Å². The Labute approximate surface area is 143 Å². The second-order valence-electron chi connectivity index (χ2n) is 5.56. The minimum absolute atomic E-state index is 0.538. The molecule has 0 fully saturated rings. The molecule has 0 radical (unpaired) electrons. The molecule has 0 spiro atoms. The summed E-state index contributed by atoms with van der Waals surface area (Å²) in [7, 11) is 1.92. The van der Waals surface area contributed by atoms with Gasteiger partial charge in [-0.3, -0.25) is 4.68 Å². The van der Waals surface area contributed by atoms with Crippen LogP contribution in [0, 0.1) is 0 Å². The third-order valence-electron chi connectivity index (χ3n) is 4.03. The Bertz CT molecular complexity index is 1030. The summed E-state index contributed by atoms with van der Waals surface area (Å²) in [5, 5.41) is 22.2. The molecule has 24 heavy (non-hydrogen) atoms. The van der Waals surface area contributed by atoms with E-state index in [2.05, 4.69) is 32.6 Å². The van der Waals surface area contributed by atoms with Crippen molar-refractivity contribution in [2.24, 2.45) is 7.05 Å². The summed E-state index contributed by atoms with van der Waals surface area (Å²) in [6, 6.07) is 7.82. The molecule has 7 nitrogen and oxygen atoms in total. The standard InChI is InChI=1S/C16H16ClN7/c1-3-10-7-12(16-20-19-9-24(16)21-10)18-8-13-15-11(17)5-4-6-14(15)23(2)22-13/h4-7,9,18H,3,8H2,1-2H3. The van der Waals surface area contributed by atoms with Gasteiger partial charge in [0.25, 0.3) is 0 Å². The van der Waals surface area contributed by atoms with Crippen LogP contribution in [0.15, 0.2) is 30.6 Å². The number of halogens is 1. The summed E-state index contributed by atoms with van der Waals surface area (Å²) in [5.74, 6) is 0. The minimum atomic E-state index is 0.538. The van der Waals surface area contributed by atoms with Crippen LogP contribution in [0.5, 0.6) is 0 Å². The second-order valence-corrected chi connectivity index (χ2v) is 5.97. The highest BCUT2D eigenvalue weighted by molar-refractivity contribution is 6.35. The summed E-state index contributed by atoms with van der Waals surface area (Å²) < 4.78 is 3.53. The number of benzene rings is 1. The Morgan fingerprint density at radius 3 is 2.96 bits per heavy atom. The molecule has 122 valence electrons. The van der Waals surface area contributed by atoms with Crippen molar-refractivity contribution in [2.75, 3.05) is 5.32 Å². The molecule has 0 unspecified atom stereocenters. The van der Waals surface area contributed by atoms with Crippen molar-refractivity contribution in [3.05, 3.63) is 47.0 Å². The number of nitrogens with one attached hydrogen (secondary N) is 1. The van der Waals surface area contributed by atoms with Crippen molar-refractivity contribution in [3.63, 3.8) is 0 Å². The van der Waals surface area contributed by atoms with E-state index in [9.17, 15) is 0 Å². The zero-order valence-electron chi connectivity index (χ0n) is 13.4. The van der Waals surface area contributed by atoms with Crippen molar-refractivity contribution in [1.82, 2.24) is 29.6 Å². The summed E-state index contributed by atoms with van der Waals surface area (Å²) in [4.78, 5) is 0. The molecule has 3 aromatic heterocycles. The monoisotopic (exact) mass is 341 g/mol. The van der Waals surface area contributed by atoms with Crippen LogP contribution in [0.25, 0.3) is 16.6 Å². The maximum atomic E-state index is 6.36. The highest BCUT2D eigenvalue weighted by Gasteiger charge is 2.13. The highest BCUT2D eigenvalue weighted by Crippen LogP contribution is 2.27. The van der Waals surface area contributed by atoms with Gasteiger partial charge in [-0.05, 0) is 24.6 Å². The first kappa shape index (κ1) is 14.9. The molecule has 3 heterocycles. The fourth-order valence-corrected chi connectivity index (χ4v) is 3.12. The predicted octanol–water partition coefficient (Wildman–Crippen LogP) is 2.84. The third-order valence-corrected chi connectivity index (χ3v) is 4.34. The fourth-order valence-electron chi connectivity index (χ4n) is 2.84. The molecule has 0 aliphatic heterocycles. The minimum Gasteiger partial charge on any atom is -0.376 e. The van der Waals surface area contributed by atoms with Crippen molar-refractivity contribution in [2.45, 2.75) is 19.9 Å². The number of hydrogen-bond acceptors (Lipinski definition) is 5. The molecule has 0 aliphatic carbocycles. The molecule has 1 aromatic carbocycles. The summed E-state index contributed by atoms with van der Waals surface area (Å²) >= 11 is 6.36. The van der Waals surface area contributed by atoms with Gasteiger partial charge in [-0.2, -0.15) is 14.7 Å². The zero-order chi connectivity index (χ0) is 16.7. The zero-order valence-corrected chi connectivity index (χ0v) is 14.1. The van der Waals surface area contributed by atoms with Crippen molar-refractivity contribution in [3.8, 4) is 0 Å². The number of rotatable bonds is 4. The molecular formula is C16H16ClN7. The van der Waals surface area contributed by atoms with E-state index >= 15 is 0 Å². The lowest BCUT2D eigenvalue weighted by Crippen LogP contribution is -2.06. The number of aromatic nitrogens is 6. The Morgan fingerprint density at radius 2 is 2.12 bits per heavy atom. The Balaban J connectivity index is 1.72. The first-order chi connectivity index (χ1) is 11.7. The van der Waals surface area contributed by atoms with Gasteiger partial charge in [-0.1, -0.05) is 24.6 Å². The Hall–Kier alpha value is -2.67. The SMILES string of the molecule is CCc1cc(NCc2nn(C)c3cccc(Cl)c23)c2nncn2n1. The van der Waals surface area contributed by atoms with E-state index in [4.69, 9.17) is 11.6 Å². The van der Waals surface area contributed by atoms with Gasteiger partial charge >= 0.3 is 0 Å². The van der Waals surface area contributed by atoms with E-state index in [-0.39, 0.29) is 0 Å². The average molecular weight is 342 g/mol. The molecule has 0 atom stereocenters. The number of fused-ring (bicyclic) bond motifs is 2. The number of anilines is 1. The van der Waals surface area contributed by atoms with Crippen LogP contribution < -0.4 is 5.32 Å². The first-order valence-corrected chi connectivity index (χ1v) is 8.09. The molecule has 8 heteroatoms. The van der Waals surface area contributed by atoms with Crippen LogP contribution in [-0.4, -0.2) is 29.6 Å². The normalized spacial score (nSPS) is 11.5. The van der Waals surface area contributed by atoms with Gasteiger partial charge in [0.05, 0.1) is 34.2 Å². The fraction of sp³-hybridized carbons (Fsp3) is 0.250. The van der Waals surface area contributed by atoms with Gasteiger partial charge in [0.1, 0.15) is 6.33 Å². The quantitative estimate of drug-likeness (QED) is 0.618. The molecule has 0 bridgehead atoms. The van der Waals surface area contributed by atoms with Crippen LogP contribution in [-0.2, 0) is 20.0 Å². The molecule has 4 aromatic rings. The van der Waals surface area contributed by atoms with E-state index in [1.165, 1.54) is 0 Å². The van der Waals surface area contributed by atoms with Gasteiger partial charge in [-0.15, -0.1) is 10.2 Å². The van der Waals surface area contributed by atoms with Gasteiger partial charge in [-0.25, -0.2) is 0 Å². The Morgan fingerprint density at radius 1 is 1.25 bits per heavy atom. The lowest BCUT2D eigenvalue weighted by atomic mass is 10.2. The molecule has 0 saturated carbocycles. The summed E-state index contributed by atoms with van der Waals surface area (Å²) in [6.07, 6.45) is 2.44. The Kier molecular flexibility index (Phi) is 3.57. The lowest BCUT2D eigenvalue weighted by Gasteiger charge is -2.08. The molecule has 0 saturated heterocycles. The van der Waals surface area contributed by atoms with Gasteiger partial charge in [0, 0.05) is 12.4 Å². The van der Waals surface area contributed by atoms with Crippen molar-refractivity contribution < 1.29 is 0 Å². The topological polar surface area (TPSA) is 72.9 Å². The van der Waals surface area contributed by atoms with E-state index in [0.29, 0.717) is 17.2 Å². The van der Waals surface area contributed by atoms with E-state index < -0.39 is 0 Å². The van der Waals surface area contributed by atoms with Crippen molar-refractivity contribution >= 4 is 33.8 Å². The van der Waals surface area contributed by atoms with Crippen LogP contribution in [0.4, 0.5) is 5.69 Å². The summed E-state index contributed by atoms with van der Waals surface area (Å²) in [6.45, 7) is 2.60. The van der Waals surface area contributed by atoms with Gasteiger partial charge in [0.2, 0.25) is 5.65 Å². The highest BCUT2D eigenvalue weighted by atomic mass is 35.5. The lowest BCUT2D eigenvalue weighted by molar-refractivity contribution is 0.771. The number of hydrogen-bond donors (Lipinski definition) is 1. The molecule has 0 amide bonds. The van der Waals surface area contributed by atoms with Gasteiger partial charge < -0.3 is 5.32 Å². The van der Waals surface area contributed by atoms with Crippen LogP contribution in [0.2, 0.25) is 5.02 Å². The predicted molar refractivity (Wildman–Crippen MR) is 93.2 cm³/mol. The molecule has 4 rings (SSSR count). The number of nitrogens with zero attached hydrogens (tertiary/aromatic N) is 6. The van der Waals surface area contributed by atoms with E-state index in [0.717, 1.165) is 34.4 Å². The summed E-state index contributed by atoms with van der Waals surface area (Å²) in [5.41, 5.74) is 4.44. The van der Waals surface area contributed by atoms with Crippen LogP contribution >= 0.6 is 11.6 Å². The van der Waals surface area contributed by atoms with Gasteiger partial charge in [0.15, 0.2) is 0 Å². The maximum Gasteiger partial charge on any atom is 0.200 e. The average Bonchev–Trinajstić information content (AvgIpc) is 3.18. The molecule has 0 aliphatic rings. The first-order valence-electron chi connectivity index (χ1n) is 7.71. The third kappa shape index (κ3) is 2.37.